The minimum Gasteiger partial charge on any atom is -0.309 e. The lowest BCUT2D eigenvalue weighted by molar-refractivity contribution is 0.411. The van der Waals surface area contributed by atoms with Gasteiger partial charge in [0, 0.05) is 6.54 Å². The van der Waals surface area contributed by atoms with Crippen molar-refractivity contribution in [2.45, 2.75) is 54.4 Å². The first-order valence-corrected chi connectivity index (χ1v) is 7.85. The molecular weight excluding hydrogens is 230 g/mol. The molecule has 110 valence electrons. The van der Waals surface area contributed by atoms with Crippen LogP contribution in [0.15, 0.2) is 22.3 Å². The minimum absolute atomic E-state index is 0.658. The van der Waals surface area contributed by atoms with Gasteiger partial charge in [0.25, 0.3) is 0 Å². The van der Waals surface area contributed by atoms with E-state index in [4.69, 9.17) is 0 Å². The van der Waals surface area contributed by atoms with Gasteiger partial charge in [-0.15, -0.1) is 0 Å². The average molecular weight is 263 g/mol. The van der Waals surface area contributed by atoms with Crippen LogP contribution >= 0.6 is 0 Å². The third-order valence-corrected chi connectivity index (χ3v) is 4.13. The molecule has 0 saturated heterocycles. The van der Waals surface area contributed by atoms with E-state index in [1.165, 1.54) is 19.4 Å². The van der Waals surface area contributed by atoms with E-state index in [1.807, 2.05) is 0 Å². The summed E-state index contributed by atoms with van der Waals surface area (Å²) in [6.07, 6.45) is 2.46. The second-order valence-corrected chi connectivity index (χ2v) is 7.15. The van der Waals surface area contributed by atoms with Crippen LogP contribution in [0.4, 0.5) is 0 Å². The fraction of sp³-hybridized carbons (Fsp3) is 0.778. The van der Waals surface area contributed by atoms with Gasteiger partial charge in [-0.05, 0) is 55.8 Å². The molecule has 1 nitrogen and oxygen atoms in total. The molecule has 0 N–H and O–H groups in total. The van der Waals surface area contributed by atoms with Crippen molar-refractivity contribution in [3.8, 4) is 0 Å². The van der Waals surface area contributed by atoms with Crippen LogP contribution in [0.1, 0.15) is 54.4 Å². The molecule has 0 saturated carbocycles. The maximum Gasteiger partial charge on any atom is 0.00128 e. The molecule has 0 aliphatic heterocycles. The molecule has 0 aromatic heterocycles. The zero-order valence-electron chi connectivity index (χ0n) is 14.3. The van der Waals surface area contributed by atoms with Crippen molar-refractivity contribution in [1.82, 2.24) is 4.90 Å². The van der Waals surface area contributed by atoms with Crippen molar-refractivity contribution in [3.63, 3.8) is 0 Å². The Morgan fingerprint density at radius 1 is 0.842 bits per heavy atom. The maximum atomic E-state index is 2.36. The van der Waals surface area contributed by atoms with Crippen molar-refractivity contribution in [1.29, 1.82) is 0 Å². The molecule has 1 aliphatic rings. The third-order valence-electron chi connectivity index (χ3n) is 4.13. The van der Waals surface area contributed by atoms with Crippen molar-refractivity contribution in [2.24, 2.45) is 17.8 Å². The summed E-state index contributed by atoms with van der Waals surface area (Å²) in [4.78, 5) is 2.30. The van der Waals surface area contributed by atoms with E-state index in [9.17, 15) is 0 Å². The largest absolute Gasteiger partial charge is 0.309 e. The Bertz CT molecular complexity index is 367. The standard InChI is InChI=1S/C18H33N/c1-12(2)16-11-15(9-10-19(7)8)17(13(3)4)18(16)14(5)6/h12-14H,9-11H2,1-8H3. The Labute approximate surface area is 120 Å². The third kappa shape index (κ3) is 3.95. The zero-order valence-corrected chi connectivity index (χ0v) is 14.3. The second-order valence-electron chi connectivity index (χ2n) is 7.15. The van der Waals surface area contributed by atoms with Gasteiger partial charge in [0.2, 0.25) is 0 Å². The lowest BCUT2D eigenvalue weighted by Gasteiger charge is -2.20. The van der Waals surface area contributed by atoms with Crippen LogP contribution in [0, 0.1) is 17.8 Å². The van der Waals surface area contributed by atoms with Gasteiger partial charge in [0.15, 0.2) is 0 Å². The normalized spacial score (nSPS) is 17.1. The summed E-state index contributed by atoms with van der Waals surface area (Å²) in [6, 6.07) is 0. The molecule has 0 unspecified atom stereocenters. The summed E-state index contributed by atoms with van der Waals surface area (Å²) in [5, 5.41) is 0. The number of hydrogen-bond acceptors (Lipinski definition) is 1. The number of rotatable bonds is 6. The lowest BCUT2D eigenvalue weighted by atomic mass is 9.85. The smallest absolute Gasteiger partial charge is 0.00128 e. The van der Waals surface area contributed by atoms with Crippen molar-refractivity contribution >= 4 is 0 Å². The summed E-state index contributed by atoms with van der Waals surface area (Å²) in [5.41, 5.74) is 6.77. The number of hydrogen-bond donors (Lipinski definition) is 0. The Balaban J connectivity index is 3.10. The maximum absolute atomic E-state index is 2.36. The molecule has 0 amide bonds. The highest BCUT2D eigenvalue weighted by atomic mass is 15.0. The van der Waals surface area contributed by atoms with Crippen LogP contribution < -0.4 is 0 Å². The van der Waals surface area contributed by atoms with E-state index in [2.05, 4.69) is 60.5 Å². The van der Waals surface area contributed by atoms with Crippen molar-refractivity contribution in [2.75, 3.05) is 20.6 Å². The van der Waals surface area contributed by atoms with E-state index in [0.717, 1.165) is 0 Å². The molecule has 0 aromatic rings. The van der Waals surface area contributed by atoms with Gasteiger partial charge < -0.3 is 4.90 Å². The van der Waals surface area contributed by atoms with E-state index in [1.54, 1.807) is 22.3 Å². The average Bonchev–Trinajstić information content (AvgIpc) is 2.65. The lowest BCUT2D eigenvalue weighted by Crippen LogP contribution is -2.14. The second kappa shape index (κ2) is 6.74. The monoisotopic (exact) mass is 263 g/mol. The van der Waals surface area contributed by atoms with Crippen LogP contribution in [0.2, 0.25) is 0 Å². The first kappa shape index (κ1) is 16.5. The van der Waals surface area contributed by atoms with Crippen molar-refractivity contribution < 1.29 is 0 Å². The van der Waals surface area contributed by atoms with Crippen molar-refractivity contribution in [3.05, 3.63) is 22.3 Å². The van der Waals surface area contributed by atoms with Gasteiger partial charge in [0.1, 0.15) is 0 Å². The summed E-state index contributed by atoms with van der Waals surface area (Å²) in [7, 11) is 4.34. The Hall–Kier alpha value is -0.560. The highest BCUT2D eigenvalue weighted by molar-refractivity contribution is 5.49. The topological polar surface area (TPSA) is 3.24 Å². The van der Waals surface area contributed by atoms with Crippen LogP contribution in [-0.2, 0) is 0 Å². The first-order valence-electron chi connectivity index (χ1n) is 7.85. The molecule has 19 heavy (non-hydrogen) atoms. The van der Waals surface area contributed by atoms with Crippen LogP contribution in [0.5, 0.6) is 0 Å². The molecule has 0 heterocycles. The van der Waals surface area contributed by atoms with Gasteiger partial charge in [-0.1, -0.05) is 52.7 Å². The molecular formula is C18H33N. The predicted octanol–water partition coefficient (Wildman–Crippen LogP) is 4.90. The molecule has 1 heteroatoms. The molecule has 0 aromatic carbocycles. The van der Waals surface area contributed by atoms with Crippen LogP contribution in [0.3, 0.4) is 0 Å². The highest BCUT2D eigenvalue weighted by Crippen LogP contribution is 2.44. The first-order chi connectivity index (χ1) is 8.75. The van der Waals surface area contributed by atoms with Gasteiger partial charge in [-0.3, -0.25) is 0 Å². The molecule has 1 aliphatic carbocycles. The van der Waals surface area contributed by atoms with E-state index in [0.29, 0.717) is 17.8 Å². The molecule has 0 fully saturated rings. The summed E-state index contributed by atoms with van der Waals surface area (Å²) in [5.74, 6) is 2.00. The molecule has 0 spiro atoms. The number of nitrogens with zero attached hydrogens (tertiary/aromatic N) is 1. The fourth-order valence-corrected chi connectivity index (χ4v) is 3.28. The van der Waals surface area contributed by atoms with E-state index < -0.39 is 0 Å². The highest BCUT2D eigenvalue weighted by Gasteiger charge is 2.28. The minimum atomic E-state index is 0.658. The summed E-state index contributed by atoms with van der Waals surface area (Å²) >= 11 is 0. The van der Waals surface area contributed by atoms with Crippen LogP contribution in [-0.4, -0.2) is 25.5 Å². The molecule has 1 rings (SSSR count). The Morgan fingerprint density at radius 3 is 1.74 bits per heavy atom. The molecule has 0 bridgehead atoms. The predicted molar refractivity (Wildman–Crippen MR) is 86.4 cm³/mol. The van der Waals surface area contributed by atoms with E-state index in [-0.39, 0.29) is 0 Å². The Morgan fingerprint density at radius 2 is 1.37 bits per heavy atom. The molecule has 0 radical (unpaired) electrons. The summed E-state index contributed by atoms with van der Waals surface area (Å²) < 4.78 is 0. The SMILES string of the molecule is CC(C)C1=C(C(C)C)C(C(C)C)=C(CCN(C)C)C1. The van der Waals surface area contributed by atoms with Gasteiger partial charge in [-0.25, -0.2) is 0 Å². The van der Waals surface area contributed by atoms with E-state index >= 15 is 0 Å². The summed E-state index contributed by atoms with van der Waals surface area (Å²) in [6.45, 7) is 15.3. The molecule has 0 atom stereocenters. The quantitative estimate of drug-likeness (QED) is 0.658. The zero-order chi connectivity index (χ0) is 14.7. The number of allylic oxidation sites excluding steroid dienone is 3. The van der Waals surface area contributed by atoms with Crippen LogP contribution in [0.25, 0.3) is 0 Å². The van der Waals surface area contributed by atoms with Gasteiger partial charge >= 0.3 is 0 Å². The van der Waals surface area contributed by atoms with Gasteiger partial charge in [0.05, 0.1) is 0 Å². The fourth-order valence-electron chi connectivity index (χ4n) is 3.28. The van der Waals surface area contributed by atoms with Gasteiger partial charge in [-0.2, -0.15) is 0 Å². The Kier molecular flexibility index (Phi) is 5.85.